The second kappa shape index (κ2) is 4.19. The van der Waals surface area contributed by atoms with Crippen molar-refractivity contribution < 1.29 is 0 Å². The summed E-state index contributed by atoms with van der Waals surface area (Å²) in [5.41, 5.74) is 0.331. The van der Waals surface area contributed by atoms with E-state index in [1.165, 1.54) is 19.6 Å². The van der Waals surface area contributed by atoms with Crippen LogP contribution in [-0.2, 0) is 0 Å². The van der Waals surface area contributed by atoms with Gasteiger partial charge in [0.2, 0.25) is 0 Å². The van der Waals surface area contributed by atoms with E-state index in [2.05, 4.69) is 51.3 Å². The van der Waals surface area contributed by atoms with Crippen LogP contribution in [0.15, 0.2) is 0 Å². The van der Waals surface area contributed by atoms with Crippen LogP contribution in [0.2, 0.25) is 0 Å². The molecule has 0 aromatic carbocycles. The summed E-state index contributed by atoms with van der Waals surface area (Å²) in [6.45, 7) is 17.5. The van der Waals surface area contributed by atoms with Gasteiger partial charge in [0.15, 0.2) is 0 Å². The quantitative estimate of drug-likeness (QED) is 0.637. The van der Waals surface area contributed by atoms with E-state index in [4.69, 9.17) is 0 Å². The van der Waals surface area contributed by atoms with Gasteiger partial charge in [-0.1, -0.05) is 0 Å². The first-order valence-electron chi connectivity index (χ1n) is 5.83. The van der Waals surface area contributed by atoms with E-state index in [0.717, 1.165) is 0 Å². The van der Waals surface area contributed by atoms with Crippen LogP contribution >= 0.6 is 0 Å². The van der Waals surface area contributed by atoms with Gasteiger partial charge in [0.1, 0.15) is 0 Å². The molecular weight excluding hydrogens is 172 g/mol. The second-order valence-corrected chi connectivity index (χ2v) is 5.80. The third-order valence-corrected chi connectivity index (χ3v) is 3.29. The Morgan fingerprint density at radius 3 is 2.07 bits per heavy atom. The molecule has 0 saturated carbocycles. The number of rotatable bonds is 1. The summed E-state index contributed by atoms with van der Waals surface area (Å²) in [7, 11) is 0. The number of hydrogen-bond donors (Lipinski definition) is 0. The van der Waals surface area contributed by atoms with Gasteiger partial charge in [-0.25, -0.2) is 0 Å². The Morgan fingerprint density at radius 1 is 1.14 bits per heavy atom. The lowest BCUT2D eigenvalue weighted by Gasteiger charge is -2.47. The van der Waals surface area contributed by atoms with Gasteiger partial charge in [-0.15, -0.1) is 0 Å². The first kappa shape index (κ1) is 12.0. The van der Waals surface area contributed by atoms with Crippen molar-refractivity contribution in [2.24, 2.45) is 0 Å². The number of piperazine rings is 1. The Balaban J connectivity index is 2.55. The highest BCUT2D eigenvalue weighted by atomic mass is 15.3. The van der Waals surface area contributed by atoms with Crippen molar-refractivity contribution in [2.45, 2.75) is 59.2 Å². The van der Waals surface area contributed by atoms with Gasteiger partial charge in [-0.2, -0.15) is 0 Å². The Morgan fingerprint density at radius 2 is 1.71 bits per heavy atom. The molecule has 0 amide bonds. The second-order valence-electron chi connectivity index (χ2n) is 5.80. The average molecular weight is 198 g/mol. The number of nitrogens with zero attached hydrogens (tertiary/aromatic N) is 2. The van der Waals surface area contributed by atoms with Crippen LogP contribution in [0.3, 0.4) is 0 Å². The summed E-state index contributed by atoms with van der Waals surface area (Å²) >= 11 is 0. The van der Waals surface area contributed by atoms with Crippen molar-refractivity contribution in [3.05, 3.63) is 0 Å². The zero-order chi connectivity index (χ0) is 10.9. The van der Waals surface area contributed by atoms with Crippen molar-refractivity contribution in [3.63, 3.8) is 0 Å². The molecule has 0 aliphatic carbocycles. The Kier molecular flexibility index (Phi) is 3.59. The lowest BCUT2D eigenvalue weighted by molar-refractivity contribution is 0.0137. The fourth-order valence-corrected chi connectivity index (χ4v) is 2.35. The lowest BCUT2D eigenvalue weighted by Crippen LogP contribution is -2.58. The molecule has 0 spiro atoms. The molecule has 1 aliphatic rings. The van der Waals surface area contributed by atoms with Gasteiger partial charge < -0.3 is 0 Å². The third kappa shape index (κ3) is 2.71. The van der Waals surface area contributed by atoms with Gasteiger partial charge in [0.05, 0.1) is 0 Å². The molecule has 0 bridgehead atoms. The first-order valence-corrected chi connectivity index (χ1v) is 5.83. The van der Waals surface area contributed by atoms with Gasteiger partial charge in [0, 0.05) is 37.3 Å². The molecule has 0 unspecified atom stereocenters. The fraction of sp³-hybridized carbons (Fsp3) is 1.00. The smallest absolute Gasteiger partial charge is 0.0198 e. The van der Waals surface area contributed by atoms with E-state index in [0.29, 0.717) is 17.6 Å². The summed E-state index contributed by atoms with van der Waals surface area (Å²) < 4.78 is 0. The summed E-state index contributed by atoms with van der Waals surface area (Å²) in [5.74, 6) is 0. The highest BCUT2D eigenvalue weighted by molar-refractivity contribution is 4.87. The largest absolute Gasteiger partial charge is 0.296 e. The molecule has 14 heavy (non-hydrogen) atoms. The summed E-state index contributed by atoms with van der Waals surface area (Å²) in [5, 5.41) is 0. The summed E-state index contributed by atoms with van der Waals surface area (Å²) in [6, 6.07) is 1.38. The van der Waals surface area contributed by atoms with Gasteiger partial charge in [-0.3, -0.25) is 9.80 Å². The minimum absolute atomic E-state index is 0.331. The van der Waals surface area contributed by atoms with Crippen molar-refractivity contribution in [1.29, 1.82) is 0 Å². The molecule has 2 nitrogen and oxygen atoms in total. The van der Waals surface area contributed by atoms with Crippen LogP contribution in [0.4, 0.5) is 0 Å². The Bertz CT molecular complexity index is 181. The molecule has 1 saturated heterocycles. The van der Waals surface area contributed by atoms with Gasteiger partial charge >= 0.3 is 0 Å². The van der Waals surface area contributed by atoms with Crippen LogP contribution in [0.5, 0.6) is 0 Å². The van der Waals surface area contributed by atoms with Crippen molar-refractivity contribution in [2.75, 3.05) is 19.6 Å². The van der Waals surface area contributed by atoms with E-state index in [1.807, 2.05) is 0 Å². The minimum atomic E-state index is 0.331. The monoisotopic (exact) mass is 198 g/mol. The minimum Gasteiger partial charge on any atom is -0.296 e. The molecular formula is C12H26N2. The van der Waals surface area contributed by atoms with Crippen LogP contribution in [0.25, 0.3) is 0 Å². The van der Waals surface area contributed by atoms with E-state index in [1.54, 1.807) is 0 Å². The van der Waals surface area contributed by atoms with Crippen molar-refractivity contribution in [3.8, 4) is 0 Å². The SMILES string of the molecule is CC(C)N1CCN(C(C)(C)C)C[C@@H]1C. The summed E-state index contributed by atoms with van der Waals surface area (Å²) in [6.07, 6.45) is 0. The third-order valence-electron chi connectivity index (χ3n) is 3.29. The van der Waals surface area contributed by atoms with E-state index >= 15 is 0 Å². The lowest BCUT2D eigenvalue weighted by atomic mass is 10.0. The van der Waals surface area contributed by atoms with Crippen LogP contribution in [0.1, 0.15) is 41.5 Å². The Hall–Kier alpha value is -0.0800. The van der Waals surface area contributed by atoms with Crippen molar-refractivity contribution in [1.82, 2.24) is 9.80 Å². The first-order chi connectivity index (χ1) is 6.32. The maximum Gasteiger partial charge on any atom is 0.0198 e. The molecule has 2 heteroatoms. The zero-order valence-corrected chi connectivity index (χ0v) is 10.7. The molecule has 1 heterocycles. The maximum atomic E-state index is 2.60. The van der Waals surface area contributed by atoms with E-state index in [9.17, 15) is 0 Å². The molecule has 0 N–H and O–H groups in total. The Labute approximate surface area is 89.3 Å². The molecule has 84 valence electrons. The highest BCUT2D eigenvalue weighted by Gasteiger charge is 2.30. The zero-order valence-electron chi connectivity index (χ0n) is 10.7. The highest BCUT2D eigenvalue weighted by Crippen LogP contribution is 2.20. The standard InChI is InChI=1S/C12H26N2/c1-10(2)14-8-7-13(9-11(14)3)12(4,5)6/h10-11H,7-9H2,1-6H3/t11-/m0/s1. The van der Waals surface area contributed by atoms with Crippen molar-refractivity contribution >= 4 is 0 Å². The van der Waals surface area contributed by atoms with Crippen LogP contribution in [0, 0.1) is 0 Å². The van der Waals surface area contributed by atoms with Crippen LogP contribution in [-0.4, -0.2) is 47.1 Å². The molecule has 0 radical (unpaired) electrons. The van der Waals surface area contributed by atoms with Crippen LogP contribution < -0.4 is 0 Å². The molecule has 1 rings (SSSR count). The topological polar surface area (TPSA) is 6.48 Å². The fourth-order valence-electron chi connectivity index (χ4n) is 2.35. The molecule has 0 aromatic heterocycles. The molecule has 1 fully saturated rings. The molecule has 1 atom stereocenters. The summed E-state index contributed by atoms with van der Waals surface area (Å²) in [4.78, 5) is 5.19. The predicted molar refractivity (Wildman–Crippen MR) is 62.6 cm³/mol. The molecule has 0 aromatic rings. The maximum absolute atomic E-state index is 2.60. The van der Waals surface area contributed by atoms with E-state index in [-0.39, 0.29) is 0 Å². The normalized spacial score (nSPS) is 27.2. The van der Waals surface area contributed by atoms with E-state index < -0.39 is 0 Å². The predicted octanol–water partition coefficient (Wildman–Crippen LogP) is 2.20. The van der Waals surface area contributed by atoms with Gasteiger partial charge in [-0.05, 0) is 41.5 Å². The van der Waals surface area contributed by atoms with Gasteiger partial charge in [0.25, 0.3) is 0 Å². The molecule has 1 aliphatic heterocycles. The average Bonchev–Trinajstić information content (AvgIpc) is 2.01. The number of hydrogen-bond acceptors (Lipinski definition) is 2.